The molecule has 0 aliphatic heterocycles. The van der Waals surface area contributed by atoms with Gasteiger partial charge in [0.1, 0.15) is 0 Å². The van der Waals surface area contributed by atoms with Crippen molar-refractivity contribution in [1.82, 2.24) is 4.90 Å². The van der Waals surface area contributed by atoms with Crippen LogP contribution >= 0.6 is 0 Å². The van der Waals surface area contributed by atoms with Crippen molar-refractivity contribution < 1.29 is 19.0 Å². The minimum Gasteiger partial charge on any atom is -0.493 e. The summed E-state index contributed by atoms with van der Waals surface area (Å²) in [6, 6.07) is 5.63. The van der Waals surface area contributed by atoms with Crippen molar-refractivity contribution in [2.75, 3.05) is 41.0 Å². The van der Waals surface area contributed by atoms with Gasteiger partial charge in [-0.05, 0) is 36.6 Å². The van der Waals surface area contributed by atoms with E-state index in [0.717, 1.165) is 24.2 Å². The fourth-order valence-electron chi connectivity index (χ4n) is 1.97. The van der Waals surface area contributed by atoms with Crippen molar-refractivity contribution in [3.05, 3.63) is 29.8 Å². The van der Waals surface area contributed by atoms with E-state index in [0.29, 0.717) is 25.5 Å². The van der Waals surface area contributed by atoms with Crippen molar-refractivity contribution >= 4 is 12.0 Å². The molecule has 0 fully saturated rings. The van der Waals surface area contributed by atoms with Gasteiger partial charge in [0.05, 0.1) is 13.7 Å². The Bertz CT molecular complexity index is 514. The van der Waals surface area contributed by atoms with Crippen molar-refractivity contribution in [3.63, 3.8) is 0 Å². The van der Waals surface area contributed by atoms with Gasteiger partial charge in [0.2, 0.25) is 5.91 Å². The largest absolute Gasteiger partial charge is 0.493 e. The van der Waals surface area contributed by atoms with E-state index >= 15 is 0 Å². The summed E-state index contributed by atoms with van der Waals surface area (Å²) >= 11 is 0. The highest BCUT2D eigenvalue weighted by Crippen LogP contribution is 2.28. The maximum Gasteiger partial charge on any atom is 0.246 e. The molecule has 0 atom stereocenters. The Balaban J connectivity index is 2.66. The first-order valence-electron chi connectivity index (χ1n) is 7.85. The normalized spacial score (nSPS) is 10.8. The van der Waals surface area contributed by atoms with Gasteiger partial charge in [0.15, 0.2) is 11.5 Å². The van der Waals surface area contributed by atoms with Crippen LogP contribution in [0.4, 0.5) is 0 Å². The summed E-state index contributed by atoms with van der Waals surface area (Å²) in [7, 11) is 5.05. The molecule has 0 saturated carbocycles. The zero-order valence-electron chi connectivity index (χ0n) is 14.5. The molecule has 0 N–H and O–H groups in total. The molecule has 0 aliphatic carbocycles. The first-order valence-corrected chi connectivity index (χ1v) is 7.85. The van der Waals surface area contributed by atoms with Gasteiger partial charge in [-0.3, -0.25) is 4.79 Å². The van der Waals surface area contributed by atoms with Gasteiger partial charge in [-0.15, -0.1) is 0 Å². The molecule has 1 aromatic carbocycles. The third kappa shape index (κ3) is 6.74. The van der Waals surface area contributed by atoms with Crippen LogP contribution in [0.2, 0.25) is 0 Å². The smallest absolute Gasteiger partial charge is 0.246 e. The highest BCUT2D eigenvalue weighted by Gasteiger charge is 2.06. The molecule has 0 unspecified atom stereocenters. The van der Waals surface area contributed by atoms with E-state index in [1.807, 2.05) is 18.2 Å². The zero-order valence-corrected chi connectivity index (χ0v) is 14.5. The van der Waals surface area contributed by atoms with Gasteiger partial charge < -0.3 is 19.1 Å². The van der Waals surface area contributed by atoms with Crippen LogP contribution in [0.3, 0.4) is 0 Å². The molecule has 0 spiro atoms. The quantitative estimate of drug-likeness (QED) is 0.491. The van der Waals surface area contributed by atoms with Crippen LogP contribution in [-0.4, -0.2) is 51.8 Å². The highest BCUT2D eigenvalue weighted by molar-refractivity contribution is 5.91. The molecule has 128 valence electrons. The van der Waals surface area contributed by atoms with E-state index in [1.165, 1.54) is 0 Å². The Morgan fingerprint density at radius 1 is 1.22 bits per heavy atom. The second-order valence-corrected chi connectivity index (χ2v) is 5.20. The first-order chi connectivity index (χ1) is 11.1. The standard InChI is InChI=1S/C18H27NO4/c1-5-12-23-16-9-7-15(14-17(16)22-4)8-10-18(20)19(2)11-6-13-21-3/h7-10,14H,5-6,11-13H2,1-4H3/b10-8+. The molecule has 0 aliphatic rings. The average molecular weight is 321 g/mol. The third-order valence-corrected chi connectivity index (χ3v) is 3.29. The minimum atomic E-state index is -0.0358. The van der Waals surface area contributed by atoms with Gasteiger partial charge in [-0.2, -0.15) is 0 Å². The molecule has 0 saturated heterocycles. The number of carbonyl (C=O) groups excluding carboxylic acids is 1. The van der Waals surface area contributed by atoms with Crippen LogP contribution < -0.4 is 9.47 Å². The molecule has 0 heterocycles. The van der Waals surface area contributed by atoms with E-state index in [4.69, 9.17) is 14.2 Å². The van der Waals surface area contributed by atoms with Crippen LogP contribution in [-0.2, 0) is 9.53 Å². The van der Waals surface area contributed by atoms with Gasteiger partial charge >= 0.3 is 0 Å². The second kappa shape index (κ2) is 10.7. The van der Waals surface area contributed by atoms with Crippen molar-refractivity contribution in [1.29, 1.82) is 0 Å². The maximum absolute atomic E-state index is 12.0. The summed E-state index contributed by atoms with van der Waals surface area (Å²) in [5, 5.41) is 0. The molecule has 5 nitrogen and oxygen atoms in total. The number of ether oxygens (including phenoxy) is 3. The average Bonchev–Trinajstić information content (AvgIpc) is 2.58. The van der Waals surface area contributed by atoms with E-state index in [2.05, 4.69) is 6.92 Å². The van der Waals surface area contributed by atoms with Crippen molar-refractivity contribution in [2.24, 2.45) is 0 Å². The van der Waals surface area contributed by atoms with E-state index in [1.54, 1.807) is 38.3 Å². The lowest BCUT2D eigenvalue weighted by atomic mass is 10.2. The second-order valence-electron chi connectivity index (χ2n) is 5.20. The van der Waals surface area contributed by atoms with Gasteiger partial charge in [-0.1, -0.05) is 13.0 Å². The fraction of sp³-hybridized carbons (Fsp3) is 0.500. The van der Waals surface area contributed by atoms with E-state index < -0.39 is 0 Å². The molecule has 23 heavy (non-hydrogen) atoms. The summed E-state index contributed by atoms with van der Waals surface area (Å²) in [4.78, 5) is 13.7. The zero-order chi connectivity index (χ0) is 17.1. The van der Waals surface area contributed by atoms with Gasteiger partial charge in [0, 0.05) is 33.4 Å². The molecular weight excluding hydrogens is 294 g/mol. The lowest BCUT2D eigenvalue weighted by Gasteiger charge is -2.14. The lowest BCUT2D eigenvalue weighted by Crippen LogP contribution is -2.26. The number of benzene rings is 1. The topological polar surface area (TPSA) is 48.0 Å². The van der Waals surface area contributed by atoms with Crippen LogP contribution in [0.15, 0.2) is 24.3 Å². The number of hydrogen-bond donors (Lipinski definition) is 0. The predicted molar refractivity (Wildman–Crippen MR) is 91.9 cm³/mol. The number of methoxy groups -OCH3 is 2. The lowest BCUT2D eigenvalue weighted by molar-refractivity contribution is -0.124. The summed E-state index contributed by atoms with van der Waals surface area (Å²) in [5.74, 6) is 1.35. The minimum absolute atomic E-state index is 0.0358. The third-order valence-electron chi connectivity index (χ3n) is 3.29. The molecule has 5 heteroatoms. The van der Waals surface area contributed by atoms with E-state index in [9.17, 15) is 4.79 Å². The number of amides is 1. The molecular formula is C18H27NO4. The van der Waals surface area contributed by atoms with Gasteiger partial charge in [-0.25, -0.2) is 0 Å². The molecule has 1 amide bonds. The van der Waals surface area contributed by atoms with Crippen molar-refractivity contribution in [2.45, 2.75) is 19.8 Å². The number of likely N-dealkylation sites (N-methyl/N-ethyl adjacent to an activating group) is 1. The summed E-state index contributed by atoms with van der Waals surface area (Å²) in [6.07, 6.45) is 5.11. The molecule has 0 radical (unpaired) electrons. The van der Waals surface area contributed by atoms with Crippen LogP contribution in [0.25, 0.3) is 6.08 Å². The highest BCUT2D eigenvalue weighted by atomic mass is 16.5. The van der Waals surface area contributed by atoms with Crippen LogP contribution in [0.1, 0.15) is 25.3 Å². The van der Waals surface area contributed by atoms with E-state index in [-0.39, 0.29) is 5.91 Å². The Morgan fingerprint density at radius 2 is 2.00 bits per heavy atom. The summed E-state index contributed by atoms with van der Waals surface area (Å²) in [5.41, 5.74) is 0.893. The number of hydrogen-bond acceptors (Lipinski definition) is 4. The SMILES string of the molecule is CCCOc1ccc(/C=C/C(=O)N(C)CCCOC)cc1OC. The first kappa shape index (κ1) is 19.0. The molecule has 1 rings (SSSR count). The number of carbonyl (C=O) groups is 1. The predicted octanol–water partition coefficient (Wildman–Crippen LogP) is 2.99. The maximum atomic E-state index is 12.0. The van der Waals surface area contributed by atoms with Crippen molar-refractivity contribution in [3.8, 4) is 11.5 Å². The molecule has 0 bridgehead atoms. The monoisotopic (exact) mass is 321 g/mol. The van der Waals surface area contributed by atoms with Gasteiger partial charge in [0.25, 0.3) is 0 Å². The van der Waals surface area contributed by atoms with Crippen LogP contribution in [0, 0.1) is 0 Å². The van der Waals surface area contributed by atoms with Crippen LogP contribution in [0.5, 0.6) is 11.5 Å². The Kier molecular flexibility index (Phi) is 8.83. The number of rotatable bonds is 10. The Hall–Kier alpha value is -2.01. The molecule has 1 aromatic rings. The number of nitrogens with zero attached hydrogens (tertiary/aromatic N) is 1. The fourth-order valence-corrected chi connectivity index (χ4v) is 1.97. The molecule has 0 aromatic heterocycles. The Morgan fingerprint density at radius 3 is 2.65 bits per heavy atom. The summed E-state index contributed by atoms with van der Waals surface area (Å²) in [6.45, 7) is 4.02. The summed E-state index contributed by atoms with van der Waals surface area (Å²) < 4.78 is 15.9. The Labute approximate surface area is 138 Å².